The standard InChI is InChI=1S/C14H10F4N2/c1-8-2-4-9(5-3-8)7-19-20-14-12(17)10(15)6-11(16)13(14)18/h2-7,20H,1H3. The smallest absolute Gasteiger partial charge is 0.186 e. The van der Waals surface area contributed by atoms with Crippen molar-refractivity contribution in [2.75, 3.05) is 5.43 Å². The topological polar surface area (TPSA) is 24.4 Å². The van der Waals surface area contributed by atoms with Crippen LogP contribution in [0.2, 0.25) is 0 Å². The molecule has 104 valence electrons. The van der Waals surface area contributed by atoms with Gasteiger partial charge in [0.25, 0.3) is 0 Å². The fourth-order valence-corrected chi connectivity index (χ4v) is 1.50. The van der Waals surface area contributed by atoms with Crippen molar-refractivity contribution in [2.24, 2.45) is 5.10 Å². The molecule has 2 rings (SSSR count). The quantitative estimate of drug-likeness (QED) is 0.391. The fraction of sp³-hybridized carbons (Fsp3) is 0.0714. The van der Waals surface area contributed by atoms with Crippen molar-refractivity contribution in [2.45, 2.75) is 6.92 Å². The molecule has 0 heterocycles. The summed E-state index contributed by atoms with van der Waals surface area (Å²) in [6.07, 6.45) is 1.28. The van der Waals surface area contributed by atoms with E-state index in [-0.39, 0.29) is 6.07 Å². The van der Waals surface area contributed by atoms with Gasteiger partial charge in [0.2, 0.25) is 0 Å². The van der Waals surface area contributed by atoms with Crippen LogP contribution in [0, 0.1) is 30.2 Å². The predicted molar refractivity (Wildman–Crippen MR) is 68.7 cm³/mol. The van der Waals surface area contributed by atoms with Crippen LogP contribution in [0.4, 0.5) is 23.2 Å². The van der Waals surface area contributed by atoms with E-state index in [1.807, 2.05) is 24.5 Å². The summed E-state index contributed by atoms with van der Waals surface area (Å²) in [6, 6.07) is 7.26. The highest BCUT2D eigenvalue weighted by Gasteiger charge is 2.18. The van der Waals surface area contributed by atoms with Gasteiger partial charge in [-0.2, -0.15) is 5.10 Å². The summed E-state index contributed by atoms with van der Waals surface area (Å²) < 4.78 is 52.5. The highest BCUT2D eigenvalue weighted by atomic mass is 19.2. The lowest BCUT2D eigenvalue weighted by Crippen LogP contribution is -2.02. The molecule has 0 aromatic heterocycles. The van der Waals surface area contributed by atoms with E-state index in [1.165, 1.54) is 6.21 Å². The Labute approximate surface area is 112 Å². The number of nitrogens with one attached hydrogen (secondary N) is 1. The Hall–Kier alpha value is -2.37. The molecule has 0 aliphatic rings. The minimum Gasteiger partial charge on any atom is -0.272 e. The Morgan fingerprint density at radius 2 is 1.50 bits per heavy atom. The Morgan fingerprint density at radius 3 is 2.05 bits per heavy atom. The number of halogens is 4. The zero-order valence-corrected chi connectivity index (χ0v) is 10.4. The van der Waals surface area contributed by atoms with Gasteiger partial charge >= 0.3 is 0 Å². The minimum absolute atomic E-state index is 0.138. The maximum absolute atomic E-state index is 13.3. The Morgan fingerprint density at radius 1 is 0.950 bits per heavy atom. The first-order valence-corrected chi connectivity index (χ1v) is 5.68. The highest BCUT2D eigenvalue weighted by molar-refractivity contribution is 5.80. The summed E-state index contributed by atoms with van der Waals surface area (Å²) in [7, 11) is 0. The molecule has 0 saturated carbocycles. The molecule has 20 heavy (non-hydrogen) atoms. The molecule has 0 bridgehead atoms. The Balaban J connectivity index is 2.21. The first-order chi connectivity index (χ1) is 9.49. The fourth-order valence-electron chi connectivity index (χ4n) is 1.50. The van der Waals surface area contributed by atoms with Crippen LogP contribution in [0.25, 0.3) is 0 Å². The first kappa shape index (κ1) is 14.0. The molecular weight excluding hydrogens is 272 g/mol. The molecule has 0 atom stereocenters. The van der Waals surface area contributed by atoms with Gasteiger partial charge in [-0.25, -0.2) is 17.6 Å². The summed E-state index contributed by atoms with van der Waals surface area (Å²) in [4.78, 5) is 0. The number of anilines is 1. The second-order valence-corrected chi connectivity index (χ2v) is 4.12. The molecule has 0 aliphatic carbocycles. The lowest BCUT2D eigenvalue weighted by molar-refractivity contribution is 0.458. The van der Waals surface area contributed by atoms with Crippen LogP contribution in [-0.4, -0.2) is 6.21 Å². The Kier molecular flexibility index (Phi) is 4.02. The summed E-state index contributed by atoms with van der Waals surface area (Å²) in [5.41, 5.74) is 2.71. The van der Waals surface area contributed by atoms with Gasteiger partial charge in [-0.05, 0) is 12.5 Å². The summed E-state index contributed by atoms with van der Waals surface area (Å²) >= 11 is 0. The van der Waals surface area contributed by atoms with Crippen LogP contribution < -0.4 is 5.43 Å². The van der Waals surface area contributed by atoms with Crippen molar-refractivity contribution in [3.63, 3.8) is 0 Å². The second-order valence-electron chi connectivity index (χ2n) is 4.12. The van der Waals surface area contributed by atoms with Crippen molar-refractivity contribution in [3.8, 4) is 0 Å². The first-order valence-electron chi connectivity index (χ1n) is 5.68. The number of aryl methyl sites for hydroxylation is 1. The molecule has 6 heteroatoms. The predicted octanol–water partition coefficient (Wildman–Crippen LogP) is 4.00. The number of hydrazone groups is 1. The van der Waals surface area contributed by atoms with Gasteiger partial charge in [0, 0.05) is 6.07 Å². The lowest BCUT2D eigenvalue weighted by Gasteiger charge is -2.05. The monoisotopic (exact) mass is 282 g/mol. The van der Waals surface area contributed by atoms with Crippen LogP contribution >= 0.6 is 0 Å². The lowest BCUT2D eigenvalue weighted by atomic mass is 10.2. The molecule has 2 aromatic carbocycles. The summed E-state index contributed by atoms with van der Waals surface area (Å²) in [6.45, 7) is 1.90. The largest absolute Gasteiger partial charge is 0.272 e. The molecule has 1 N–H and O–H groups in total. The van der Waals surface area contributed by atoms with E-state index in [0.717, 1.165) is 5.56 Å². The van der Waals surface area contributed by atoms with Crippen LogP contribution in [0.5, 0.6) is 0 Å². The number of nitrogens with zero attached hydrogens (tertiary/aromatic N) is 1. The molecule has 0 spiro atoms. The number of benzene rings is 2. The van der Waals surface area contributed by atoms with Crippen LogP contribution in [0.1, 0.15) is 11.1 Å². The normalized spacial score (nSPS) is 11.1. The van der Waals surface area contributed by atoms with Crippen molar-refractivity contribution in [1.82, 2.24) is 0 Å². The van der Waals surface area contributed by atoms with Gasteiger partial charge in [0.05, 0.1) is 6.21 Å². The molecule has 0 saturated heterocycles. The number of hydrogen-bond acceptors (Lipinski definition) is 2. The van der Waals surface area contributed by atoms with E-state index in [0.29, 0.717) is 5.56 Å². The average molecular weight is 282 g/mol. The highest BCUT2D eigenvalue weighted by Crippen LogP contribution is 2.23. The SMILES string of the molecule is Cc1ccc(C=NNc2c(F)c(F)cc(F)c2F)cc1. The van der Waals surface area contributed by atoms with Crippen LogP contribution in [0.3, 0.4) is 0 Å². The van der Waals surface area contributed by atoms with E-state index < -0.39 is 29.0 Å². The number of rotatable bonds is 3. The van der Waals surface area contributed by atoms with E-state index in [2.05, 4.69) is 5.10 Å². The molecule has 2 aromatic rings. The van der Waals surface area contributed by atoms with Crippen molar-refractivity contribution < 1.29 is 17.6 Å². The van der Waals surface area contributed by atoms with Crippen LogP contribution in [0.15, 0.2) is 35.4 Å². The van der Waals surface area contributed by atoms with Gasteiger partial charge in [-0.3, -0.25) is 5.43 Å². The molecule has 2 nitrogen and oxygen atoms in total. The zero-order chi connectivity index (χ0) is 14.7. The van der Waals surface area contributed by atoms with E-state index in [1.54, 1.807) is 12.1 Å². The molecule has 0 radical (unpaired) electrons. The average Bonchev–Trinajstić information content (AvgIpc) is 2.42. The number of hydrogen-bond donors (Lipinski definition) is 1. The molecule has 0 unspecified atom stereocenters. The van der Waals surface area contributed by atoms with Gasteiger partial charge in [-0.1, -0.05) is 29.8 Å². The van der Waals surface area contributed by atoms with Crippen LogP contribution in [-0.2, 0) is 0 Å². The van der Waals surface area contributed by atoms with Crippen molar-refractivity contribution >= 4 is 11.9 Å². The van der Waals surface area contributed by atoms with E-state index in [9.17, 15) is 17.6 Å². The van der Waals surface area contributed by atoms with E-state index in [4.69, 9.17) is 0 Å². The second kappa shape index (κ2) is 5.73. The minimum atomic E-state index is -1.52. The van der Waals surface area contributed by atoms with Gasteiger partial charge in [-0.15, -0.1) is 0 Å². The van der Waals surface area contributed by atoms with E-state index >= 15 is 0 Å². The van der Waals surface area contributed by atoms with Crippen molar-refractivity contribution in [1.29, 1.82) is 0 Å². The maximum atomic E-state index is 13.3. The third-order valence-corrected chi connectivity index (χ3v) is 2.58. The molecule has 0 amide bonds. The van der Waals surface area contributed by atoms with Gasteiger partial charge in [0.15, 0.2) is 23.3 Å². The summed E-state index contributed by atoms with van der Waals surface area (Å²) in [5, 5.41) is 3.56. The maximum Gasteiger partial charge on any atom is 0.186 e. The van der Waals surface area contributed by atoms with Crippen molar-refractivity contribution in [3.05, 3.63) is 64.7 Å². The summed E-state index contributed by atoms with van der Waals surface area (Å²) in [5.74, 6) is -6.02. The molecule has 0 aliphatic heterocycles. The zero-order valence-electron chi connectivity index (χ0n) is 10.4. The third-order valence-electron chi connectivity index (χ3n) is 2.58. The Bertz CT molecular complexity index is 625. The van der Waals surface area contributed by atoms with Gasteiger partial charge in [0.1, 0.15) is 5.69 Å². The molecule has 0 fully saturated rings. The van der Waals surface area contributed by atoms with Gasteiger partial charge < -0.3 is 0 Å². The molecular formula is C14H10F4N2. The third kappa shape index (κ3) is 2.96.